The van der Waals surface area contributed by atoms with Crippen LogP contribution in [0.15, 0.2) is 23.6 Å². The molecular formula is C21H24N10O3S2. The van der Waals surface area contributed by atoms with Gasteiger partial charge in [0.1, 0.15) is 22.0 Å². The summed E-state index contributed by atoms with van der Waals surface area (Å²) < 4.78 is 27.2. The van der Waals surface area contributed by atoms with Crippen molar-refractivity contribution in [1.82, 2.24) is 39.7 Å². The number of nitrogens with zero attached hydrogens (tertiary/aromatic N) is 7. The number of rotatable bonds is 5. The predicted octanol–water partition coefficient (Wildman–Crippen LogP) is 0.966. The number of hydrogen-bond acceptors (Lipinski definition) is 11. The molecule has 188 valence electrons. The van der Waals surface area contributed by atoms with Crippen molar-refractivity contribution < 1.29 is 13.2 Å². The molecule has 13 nitrogen and oxygen atoms in total. The van der Waals surface area contributed by atoms with Crippen molar-refractivity contribution in [2.45, 2.75) is 55.1 Å². The van der Waals surface area contributed by atoms with Gasteiger partial charge in [0.2, 0.25) is 5.82 Å². The Balaban J connectivity index is 1.44. The zero-order valence-corrected chi connectivity index (χ0v) is 21.0. The number of hydrogen-bond donors (Lipinski definition) is 3. The lowest BCUT2D eigenvalue weighted by molar-refractivity contribution is 0.0556. The van der Waals surface area contributed by atoms with Crippen LogP contribution in [0.3, 0.4) is 0 Å². The third kappa shape index (κ3) is 3.57. The first-order valence-electron chi connectivity index (χ1n) is 11.5. The molecule has 0 spiro atoms. The number of amides is 1. The second-order valence-corrected chi connectivity index (χ2v) is 12.3. The van der Waals surface area contributed by atoms with Crippen LogP contribution in [-0.2, 0) is 16.4 Å². The molecule has 0 unspecified atom stereocenters. The summed E-state index contributed by atoms with van der Waals surface area (Å²) in [6.45, 7) is 0.317. The second kappa shape index (κ2) is 8.31. The zero-order valence-electron chi connectivity index (χ0n) is 19.3. The number of carbonyl (C=O) groups is 1. The number of H-pyrrole nitrogens is 1. The van der Waals surface area contributed by atoms with Gasteiger partial charge in [0, 0.05) is 37.0 Å². The van der Waals surface area contributed by atoms with E-state index in [9.17, 15) is 13.2 Å². The lowest BCUT2D eigenvalue weighted by Crippen LogP contribution is -2.46. The average Bonchev–Trinajstić information content (AvgIpc) is 3.63. The molecule has 3 atom stereocenters. The van der Waals surface area contributed by atoms with Crippen LogP contribution in [0.2, 0.25) is 0 Å². The average molecular weight is 529 g/mol. The van der Waals surface area contributed by atoms with Gasteiger partial charge >= 0.3 is 0 Å². The molecule has 2 bridgehead atoms. The van der Waals surface area contributed by atoms with E-state index in [-0.39, 0.29) is 40.4 Å². The molecule has 0 saturated carbocycles. The first-order valence-corrected chi connectivity index (χ1v) is 14.2. The Morgan fingerprint density at radius 1 is 1.25 bits per heavy atom. The van der Waals surface area contributed by atoms with E-state index in [1.54, 1.807) is 12.4 Å². The Morgan fingerprint density at radius 2 is 2.00 bits per heavy atom. The molecule has 0 aromatic carbocycles. The van der Waals surface area contributed by atoms with Gasteiger partial charge in [-0.2, -0.15) is 9.61 Å². The van der Waals surface area contributed by atoms with Crippen molar-refractivity contribution in [3.05, 3.63) is 35.2 Å². The molecule has 6 rings (SSSR count). The highest BCUT2D eigenvalue weighted by atomic mass is 32.2. The fourth-order valence-electron chi connectivity index (χ4n) is 5.54. The van der Waals surface area contributed by atoms with E-state index < -0.39 is 9.84 Å². The van der Waals surface area contributed by atoms with E-state index in [4.69, 9.17) is 16.5 Å². The normalized spacial score (nSPS) is 21.9. The summed E-state index contributed by atoms with van der Waals surface area (Å²) in [7, 11) is -3.72. The number of sulfone groups is 1. The van der Waals surface area contributed by atoms with Gasteiger partial charge in [0.15, 0.2) is 15.5 Å². The summed E-state index contributed by atoms with van der Waals surface area (Å²) in [4.78, 5) is 27.7. The maximum atomic E-state index is 13.0. The number of carbonyl (C=O) groups excluding carboxylic acids is 1. The summed E-state index contributed by atoms with van der Waals surface area (Å²) in [6, 6.07) is -0.119. The number of nitrogens with two attached hydrogens (primary N) is 2. The largest absolute Gasteiger partial charge is 0.382 e. The molecule has 0 aliphatic carbocycles. The maximum Gasteiger partial charge on any atom is 0.292 e. The molecule has 2 saturated heterocycles. The quantitative estimate of drug-likeness (QED) is 0.336. The molecule has 4 aromatic heterocycles. The van der Waals surface area contributed by atoms with Gasteiger partial charge in [-0.3, -0.25) is 4.79 Å². The number of piperidine rings is 1. The molecule has 0 radical (unpaired) electrons. The molecule has 2 fully saturated rings. The SMILES string of the molecule is CS(=O)(=O)c1c([C@H]2C[C@H]3CC[C@@H](C2)N3C(=O)c2nnc[nH]2)nc2c(-c3cnc(CN)s3)cnn2c1N. The topological polar surface area (TPSA) is 191 Å². The van der Waals surface area contributed by atoms with Crippen LogP contribution in [0, 0.1) is 0 Å². The van der Waals surface area contributed by atoms with Crippen molar-refractivity contribution in [3.8, 4) is 10.4 Å². The van der Waals surface area contributed by atoms with Gasteiger partial charge in [-0.25, -0.2) is 18.4 Å². The number of nitrogens with one attached hydrogen (secondary N) is 1. The van der Waals surface area contributed by atoms with E-state index in [1.165, 1.54) is 22.2 Å². The van der Waals surface area contributed by atoms with Crippen LogP contribution in [0.5, 0.6) is 0 Å². The predicted molar refractivity (Wildman–Crippen MR) is 131 cm³/mol. The highest BCUT2D eigenvalue weighted by molar-refractivity contribution is 7.91. The lowest BCUT2D eigenvalue weighted by Gasteiger charge is -2.38. The van der Waals surface area contributed by atoms with Crippen LogP contribution in [0.25, 0.3) is 16.1 Å². The molecule has 4 aromatic rings. The summed E-state index contributed by atoms with van der Waals surface area (Å²) in [6.07, 6.45) is 8.64. The summed E-state index contributed by atoms with van der Waals surface area (Å²) in [5.41, 5.74) is 13.8. The van der Waals surface area contributed by atoms with Crippen LogP contribution in [0.1, 0.15) is 52.9 Å². The Morgan fingerprint density at radius 3 is 2.61 bits per heavy atom. The highest BCUT2D eigenvalue weighted by Crippen LogP contribution is 2.45. The molecule has 5 N–H and O–H groups in total. The summed E-state index contributed by atoms with van der Waals surface area (Å²) in [5.74, 6) is -0.151. The van der Waals surface area contributed by atoms with Crippen molar-refractivity contribution in [2.75, 3.05) is 12.0 Å². The van der Waals surface area contributed by atoms with E-state index in [0.29, 0.717) is 36.3 Å². The van der Waals surface area contributed by atoms with Crippen LogP contribution < -0.4 is 11.5 Å². The van der Waals surface area contributed by atoms with Crippen LogP contribution >= 0.6 is 11.3 Å². The van der Waals surface area contributed by atoms with Gasteiger partial charge in [-0.1, -0.05) is 0 Å². The number of fused-ring (bicyclic) bond motifs is 3. The summed E-state index contributed by atoms with van der Waals surface area (Å²) in [5, 5.41) is 12.7. The smallest absolute Gasteiger partial charge is 0.292 e. The minimum atomic E-state index is -3.72. The fraction of sp³-hybridized carbons (Fsp3) is 0.429. The van der Waals surface area contributed by atoms with Crippen molar-refractivity contribution in [3.63, 3.8) is 0 Å². The van der Waals surface area contributed by atoms with Crippen LogP contribution in [0.4, 0.5) is 5.82 Å². The number of aromatic amines is 1. The fourth-order valence-corrected chi connectivity index (χ4v) is 7.40. The van der Waals surface area contributed by atoms with Crippen LogP contribution in [-0.4, -0.2) is 72.3 Å². The first kappa shape index (κ1) is 23.0. The second-order valence-electron chi connectivity index (χ2n) is 9.20. The van der Waals surface area contributed by atoms with Gasteiger partial charge in [-0.15, -0.1) is 21.5 Å². The third-order valence-electron chi connectivity index (χ3n) is 7.00. The van der Waals surface area contributed by atoms with E-state index in [1.807, 2.05) is 4.90 Å². The number of aromatic nitrogens is 7. The molecule has 2 aliphatic rings. The maximum absolute atomic E-state index is 13.0. The first-order chi connectivity index (χ1) is 17.3. The standard InChI is InChI=1S/C21H24N10O3S2/c1-36(33,34)17-16(10-4-11-2-3-12(5-10)30(11)21(32)19-25-9-26-29-19)28-20-13(7-27-31(20)18(17)23)14-8-24-15(6-22)35-14/h7-12H,2-6,22-23H2,1H3,(H,25,26,29)/t10-,11+,12-. The zero-order chi connectivity index (χ0) is 25.2. The summed E-state index contributed by atoms with van der Waals surface area (Å²) >= 11 is 1.43. The molecular weight excluding hydrogens is 504 g/mol. The number of thiazole rings is 1. The Labute approximate surface area is 209 Å². The molecule has 1 amide bonds. The van der Waals surface area contributed by atoms with Crippen molar-refractivity contribution in [2.24, 2.45) is 5.73 Å². The number of anilines is 1. The molecule has 15 heteroatoms. The minimum absolute atomic E-state index is 0.00369. The molecule has 36 heavy (non-hydrogen) atoms. The van der Waals surface area contributed by atoms with E-state index in [0.717, 1.165) is 29.0 Å². The minimum Gasteiger partial charge on any atom is -0.382 e. The van der Waals surface area contributed by atoms with Gasteiger partial charge in [-0.05, 0) is 25.7 Å². The Kier molecular flexibility index (Phi) is 5.31. The highest BCUT2D eigenvalue weighted by Gasteiger charge is 2.46. The Bertz CT molecular complexity index is 1560. The van der Waals surface area contributed by atoms with E-state index >= 15 is 0 Å². The van der Waals surface area contributed by atoms with Gasteiger partial charge < -0.3 is 21.4 Å². The van der Waals surface area contributed by atoms with Gasteiger partial charge in [0.05, 0.1) is 22.3 Å². The van der Waals surface area contributed by atoms with Gasteiger partial charge in [0.25, 0.3) is 5.91 Å². The Hall–Kier alpha value is -3.43. The van der Waals surface area contributed by atoms with E-state index in [2.05, 4.69) is 25.3 Å². The number of nitrogen functional groups attached to an aromatic ring is 1. The van der Waals surface area contributed by atoms with Crippen molar-refractivity contribution in [1.29, 1.82) is 0 Å². The molecule has 2 aliphatic heterocycles. The molecule has 6 heterocycles. The lowest BCUT2D eigenvalue weighted by atomic mass is 9.87. The third-order valence-corrected chi connectivity index (χ3v) is 9.21. The monoisotopic (exact) mass is 528 g/mol. The van der Waals surface area contributed by atoms with Crippen molar-refractivity contribution >= 4 is 38.5 Å².